The Morgan fingerprint density at radius 2 is 1.58 bits per heavy atom. The van der Waals surface area contributed by atoms with Gasteiger partial charge >= 0.3 is 5.97 Å². The third-order valence-corrected chi connectivity index (χ3v) is 15.6. The van der Waals surface area contributed by atoms with Gasteiger partial charge < -0.3 is 33.9 Å². The van der Waals surface area contributed by atoms with Crippen molar-refractivity contribution in [2.75, 3.05) is 47.1 Å². The molecular formula is C46H81NO8. The molecule has 0 aromatic carbocycles. The predicted octanol–water partition coefficient (Wildman–Crippen LogP) is 7.60. The van der Waals surface area contributed by atoms with Crippen LogP contribution < -0.4 is 0 Å². The van der Waals surface area contributed by atoms with Crippen molar-refractivity contribution in [2.45, 2.75) is 164 Å². The average Bonchev–Trinajstić information content (AvgIpc) is 3.55. The third kappa shape index (κ3) is 8.57. The van der Waals surface area contributed by atoms with Crippen molar-refractivity contribution in [1.29, 1.82) is 0 Å². The van der Waals surface area contributed by atoms with Gasteiger partial charge in [0.1, 0.15) is 0 Å². The minimum Gasteiger partial charge on any atom is -0.457 e. The minimum atomic E-state index is -1.14. The largest absolute Gasteiger partial charge is 0.457 e. The lowest BCUT2D eigenvalue weighted by molar-refractivity contribution is -0.245. The van der Waals surface area contributed by atoms with Crippen molar-refractivity contribution in [3.63, 3.8) is 0 Å². The van der Waals surface area contributed by atoms with Crippen LogP contribution in [0.1, 0.15) is 128 Å². The zero-order valence-corrected chi connectivity index (χ0v) is 35.8. The van der Waals surface area contributed by atoms with E-state index in [1.165, 1.54) is 39.0 Å². The number of carbonyl (C=O) groups excluding carboxylic acids is 1. The standard InChI is InChI=1S/C38H63NO7.C2H6.2C2H2.CH4O.CH4/c1-23-37-16-15-36(7)26-9-11-28(33(35(5,6)41)44-24(2)40)45-29(26)21-27(36)25(37)10-12-30-34(3,4)31(13-14-38(23,30)37)46-32-22-39(17-19-42-8)18-20-43-32;4*1-2;/h23,25-33,41H,9-22H2,1-8H3;1-2H3;2*1-2H;2H,1H3;1H4/t23-,25-,26?,27?,28+,29?,30?,31-,32?,33-,36+,37-,38?;;;;;/m0...../s1. The van der Waals surface area contributed by atoms with E-state index < -0.39 is 11.7 Å². The fourth-order valence-electron chi connectivity index (χ4n) is 13.7. The van der Waals surface area contributed by atoms with Crippen LogP contribution in [-0.2, 0) is 28.5 Å². The lowest BCUT2D eigenvalue weighted by atomic mass is 9.46. The summed E-state index contributed by atoms with van der Waals surface area (Å²) in [6.45, 7) is 23.3. The van der Waals surface area contributed by atoms with E-state index in [0.717, 1.165) is 77.5 Å². The second kappa shape index (κ2) is 19.8. The third-order valence-electron chi connectivity index (χ3n) is 15.6. The van der Waals surface area contributed by atoms with Gasteiger partial charge in [0.05, 0.1) is 37.1 Å². The Kier molecular flexibility index (Phi) is 17.8. The molecule has 13 atom stereocenters. The smallest absolute Gasteiger partial charge is 0.303 e. The molecule has 0 bridgehead atoms. The fraction of sp³-hybridized carbons (Fsp3) is 0.891. The molecule has 55 heavy (non-hydrogen) atoms. The average molecular weight is 776 g/mol. The maximum atomic E-state index is 12.0. The Morgan fingerprint density at radius 3 is 2.18 bits per heavy atom. The normalized spacial score (nSPS) is 41.0. The zero-order chi connectivity index (χ0) is 40.9. The van der Waals surface area contributed by atoms with Gasteiger partial charge in [0.25, 0.3) is 0 Å². The minimum absolute atomic E-state index is 0. The Morgan fingerprint density at radius 1 is 0.945 bits per heavy atom. The summed E-state index contributed by atoms with van der Waals surface area (Å²) in [7, 11) is 2.77. The van der Waals surface area contributed by atoms with Crippen molar-refractivity contribution in [2.24, 2.45) is 51.2 Å². The van der Waals surface area contributed by atoms with Crippen LogP contribution in [-0.4, -0.2) is 104 Å². The number of esters is 1. The number of nitrogens with zero attached hydrogens (tertiary/aromatic N) is 1. The van der Waals surface area contributed by atoms with Gasteiger partial charge in [0.15, 0.2) is 12.4 Å². The Bertz CT molecular complexity index is 1240. The van der Waals surface area contributed by atoms with E-state index in [4.69, 9.17) is 28.8 Å². The molecule has 2 aliphatic heterocycles. The first-order valence-corrected chi connectivity index (χ1v) is 20.8. The van der Waals surface area contributed by atoms with Crippen LogP contribution in [0.2, 0.25) is 0 Å². The van der Waals surface area contributed by atoms with Crippen LogP contribution in [0.4, 0.5) is 0 Å². The van der Waals surface area contributed by atoms with Crippen LogP contribution in [0.3, 0.4) is 0 Å². The summed E-state index contributed by atoms with van der Waals surface area (Å²) >= 11 is 0. The molecule has 0 aromatic heterocycles. The van der Waals surface area contributed by atoms with Gasteiger partial charge in [-0.3, -0.25) is 9.69 Å². The quantitative estimate of drug-likeness (QED) is 0.191. The molecule has 7 rings (SSSR count). The molecule has 2 N–H and O–H groups in total. The molecule has 0 aromatic rings. The second-order valence-corrected chi connectivity index (χ2v) is 18.0. The van der Waals surface area contributed by atoms with Crippen LogP contribution >= 0.6 is 0 Å². The molecule has 7 fully saturated rings. The van der Waals surface area contributed by atoms with E-state index in [1.54, 1.807) is 21.0 Å². The van der Waals surface area contributed by atoms with Crippen molar-refractivity contribution < 1.29 is 38.7 Å². The van der Waals surface area contributed by atoms with Gasteiger partial charge in [-0.25, -0.2) is 0 Å². The molecule has 5 saturated carbocycles. The van der Waals surface area contributed by atoms with Gasteiger partial charge in [-0.1, -0.05) is 49.0 Å². The highest BCUT2D eigenvalue weighted by Crippen LogP contribution is 2.89. The molecule has 2 spiro atoms. The number of terminal acetylenes is 2. The molecule has 2 heterocycles. The number of morpholine rings is 1. The second-order valence-electron chi connectivity index (χ2n) is 18.0. The summed E-state index contributed by atoms with van der Waals surface area (Å²) < 4.78 is 31.0. The van der Waals surface area contributed by atoms with Crippen molar-refractivity contribution >= 4 is 5.97 Å². The first kappa shape index (κ1) is 49.5. The lowest BCUT2D eigenvalue weighted by Gasteiger charge is -2.60. The molecule has 318 valence electrons. The number of ether oxygens (including phenoxy) is 5. The zero-order valence-electron chi connectivity index (χ0n) is 35.8. The molecule has 9 nitrogen and oxygen atoms in total. The predicted molar refractivity (Wildman–Crippen MR) is 221 cm³/mol. The van der Waals surface area contributed by atoms with Gasteiger partial charge in [-0.05, 0) is 123 Å². The summed E-state index contributed by atoms with van der Waals surface area (Å²) in [6.07, 6.45) is 26.1. The maximum absolute atomic E-state index is 12.0. The number of methoxy groups -OCH3 is 1. The van der Waals surface area contributed by atoms with Crippen molar-refractivity contribution in [1.82, 2.24) is 4.90 Å². The van der Waals surface area contributed by atoms with Gasteiger partial charge in [0, 0.05) is 40.8 Å². The Hall–Kier alpha value is -1.69. The number of rotatable bonds is 8. The van der Waals surface area contributed by atoms with E-state index >= 15 is 0 Å². The van der Waals surface area contributed by atoms with E-state index in [-0.39, 0.29) is 43.4 Å². The molecule has 7 aliphatic rings. The highest BCUT2D eigenvalue weighted by Gasteiger charge is 2.84. The number of carbonyl (C=O) groups is 1. The first-order valence-electron chi connectivity index (χ1n) is 20.8. The molecule has 2 saturated heterocycles. The molecule has 0 radical (unpaired) electrons. The van der Waals surface area contributed by atoms with Crippen LogP contribution in [0.25, 0.3) is 0 Å². The molecular weight excluding hydrogens is 695 g/mol. The first-order chi connectivity index (χ1) is 25.7. The maximum Gasteiger partial charge on any atom is 0.303 e. The van der Waals surface area contributed by atoms with Crippen LogP contribution in [0.5, 0.6) is 0 Å². The number of aliphatic hydroxyl groups is 2. The van der Waals surface area contributed by atoms with E-state index in [1.807, 2.05) is 13.8 Å². The van der Waals surface area contributed by atoms with E-state index in [9.17, 15) is 9.90 Å². The topological polar surface area (TPSA) is 107 Å². The van der Waals surface area contributed by atoms with Gasteiger partial charge in [-0.15, -0.1) is 25.7 Å². The van der Waals surface area contributed by atoms with Crippen LogP contribution in [0, 0.1) is 76.9 Å². The van der Waals surface area contributed by atoms with E-state index in [0.29, 0.717) is 34.0 Å². The highest BCUT2D eigenvalue weighted by atomic mass is 16.7. The summed E-state index contributed by atoms with van der Waals surface area (Å²) in [4.78, 5) is 14.4. The monoisotopic (exact) mass is 776 g/mol. The highest BCUT2D eigenvalue weighted by molar-refractivity contribution is 5.66. The number of hydrogen-bond acceptors (Lipinski definition) is 9. The Labute approximate surface area is 336 Å². The van der Waals surface area contributed by atoms with Gasteiger partial charge in [0.2, 0.25) is 0 Å². The summed E-state index contributed by atoms with van der Waals surface area (Å²) in [5.41, 5.74) is 0.148. The number of fused-ring (bicyclic) bond motifs is 4. The number of aliphatic hydroxyl groups excluding tert-OH is 1. The summed E-state index contributed by atoms with van der Waals surface area (Å²) in [5.74, 6) is 3.08. The summed E-state index contributed by atoms with van der Waals surface area (Å²) in [5, 5.41) is 17.9. The Balaban J connectivity index is 0.00000109. The lowest BCUT2D eigenvalue weighted by Crippen LogP contribution is -2.56. The molecule has 0 amide bonds. The molecule has 5 aliphatic carbocycles. The molecule has 9 heteroatoms. The fourth-order valence-corrected chi connectivity index (χ4v) is 13.7. The molecule has 6 unspecified atom stereocenters. The van der Waals surface area contributed by atoms with Crippen molar-refractivity contribution in [3.05, 3.63) is 0 Å². The van der Waals surface area contributed by atoms with Crippen LogP contribution in [0.15, 0.2) is 0 Å². The number of hydrogen-bond donors (Lipinski definition) is 2. The SMILES string of the molecule is C.C#C.C#C.CC.CO.COCCN1CCOC(O[C@H]2CCC34C(CC[C@H]5C6CC7O[C@@H]([C@H](OC(C)=O)C(C)(C)O)CCC7[C@@]6(C)CC[C@]53[C@@H]4C)C2(C)C)C1. The summed E-state index contributed by atoms with van der Waals surface area (Å²) in [6, 6.07) is 0. The van der Waals surface area contributed by atoms with Gasteiger partial charge in [-0.2, -0.15) is 0 Å². The van der Waals surface area contributed by atoms with E-state index in [2.05, 4.69) is 58.3 Å². The van der Waals surface area contributed by atoms with Crippen molar-refractivity contribution in [3.8, 4) is 25.7 Å².